The van der Waals surface area contributed by atoms with Gasteiger partial charge in [0.15, 0.2) is 0 Å². The van der Waals surface area contributed by atoms with Crippen LogP contribution in [0.5, 0.6) is 5.75 Å². The van der Waals surface area contributed by atoms with E-state index in [4.69, 9.17) is 10.5 Å². The Hall–Kier alpha value is -1.87. The van der Waals surface area contributed by atoms with Gasteiger partial charge in [0.05, 0.1) is 6.04 Å². The summed E-state index contributed by atoms with van der Waals surface area (Å²) in [7, 11) is 0. The average Bonchev–Trinajstić information content (AvgIpc) is 2.40. The third-order valence-corrected chi connectivity index (χ3v) is 3.07. The Morgan fingerprint density at radius 3 is 2.63 bits per heavy atom. The first-order valence-corrected chi connectivity index (χ1v) is 6.28. The molecular weight excluding hydrogens is 241 g/mol. The summed E-state index contributed by atoms with van der Waals surface area (Å²) in [6.45, 7) is 4.23. The van der Waals surface area contributed by atoms with E-state index in [2.05, 4.69) is 0 Å². The summed E-state index contributed by atoms with van der Waals surface area (Å²) < 4.78 is 19.3. The highest BCUT2D eigenvalue weighted by molar-refractivity contribution is 5.36. The molecule has 0 aromatic heterocycles. The van der Waals surface area contributed by atoms with Gasteiger partial charge < -0.3 is 10.5 Å². The number of hydrogen-bond acceptors (Lipinski definition) is 2. The third kappa shape index (κ3) is 3.32. The highest BCUT2D eigenvalue weighted by Crippen LogP contribution is 2.21. The molecule has 0 aliphatic heterocycles. The smallest absolute Gasteiger partial charge is 0.128 e. The van der Waals surface area contributed by atoms with Crippen molar-refractivity contribution < 1.29 is 9.13 Å². The molecule has 0 heterocycles. The average molecular weight is 259 g/mol. The van der Waals surface area contributed by atoms with E-state index < -0.39 is 6.04 Å². The highest BCUT2D eigenvalue weighted by atomic mass is 19.1. The second kappa shape index (κ2) is 5.85. The fourth-order valence-corrected chi connectivity index (χ4v) is 1.91. The highest BCUT2D eigenvalue weighted by Gasteiger charge is 2.12. The number of nitrogens with two attached hydrogens (primary N) is 1. The summed E-state index contributed by atoms with van der Waals surface area (Å²) in [5.41, 5.74) is 8.62. The number of aryl methyl sites for hydroxylation is 2. The van der Waals surface area contributed by atoms with Crippen molar-refractivity contribution in [3.05, 3.63) is 65.0 Å². The van der Waals surface area contributed by atoms with Crippen LogP contribution in [0.1, 0.15) is 22.7 Å². The van der Waals surface area contributed by atoms with E-state index in [1.54, 1.807) is 18.2 Å². The van der Waals surface area contributed by atoms with Crippen LogP contribution in [0.3, 0.4) is 0 Å². The molecule has 0 aliphatic carbocycles. The second-order valence-corrected chi connectivity index (χ2v) is 4.71. The monoisotopic (exact) mass is 259 g/mol. The zero-order valence-corrected chi connectivity index (χ0v) is 11.2. The van der Waals surface area contributed by atoms with Crippen molar-refractivity contribution in [1.29, 1.82) is 0 Å². The Labute approximate surface area is 113 Å². The summed E-state index contributed by atoms with van der Waals surface area (Å²) in [4.78, 5) is 0. The number of benzene rings is 2. The number of halogens is 1. The van der Waals surface area contributed by atoms with Crippen LogP contribution in [0.15, 0.2) is 42.5 Å². The standard InChI is InChI=1S/C16H18FNO/c1-11-7-8-12(2)16(9-11)19-10-15(18)13-5-3-4-6-14(13)17/h3-9,15H,10,18H2,1-2H3. The van der Waals surface area contributed by atoms with Crippen LogP contribution in [-0.2, 0) is 0 Å². The van der Waals surface area contributed by atoms with Gasteiger partial charge in [-0.15, -0.1) is 0 Å². The van der Waals surface area contributed by atoms with Crippen LogP contribution >= 0.6 is 0 Å². The fourth-order valence-electron chi connectivity index (χ4n) is 1.91. The lowest BCUT2D eigenvalue weighted by molar-refractivity contribution is 0.286. The van der Waals surface area contributed by atoms with E-state index in [0.717, 1.165) is 16.9 Å². The quantitative estimate of drug-likeness (QED) is 0.911. The van der Waals surface area contributed by atoms with E-state index in [1.165, 1.54) is 6.07 Å². The molecule has 2 N–H and O–H groups in total. The maximum atomic E-state index is 13.6. The minimum atomic E-state index is -0.471. The minimum Gasteiger partial charge on any atom is -0.491 e. The molecule has 0 spiro atoms. The van der Waals surface area contributed by atoms with Crippen LogP contribution < -0.4 is 10.5 Å². The normalized spacial score (nSPS) is 12.2. The van der Waals surface area contributed by atoms with E-state index in [1.807, 2.05) is 32.0 Å². The second-order valence-electron chi connectivity index (χ2n) is 4.71. The first-order valence-electron chi connectivity index (χ1n) is 6.28. The summed E-state index contributed by atoms with van der Waals surface area (Å²) in [6.07, 6.45) is 0. The molecule has 1 unspecified atom stereocenters. The molecule has 2 aromatic carbocycles. The zero-order valence-electron chi connectivity index (χ0n) is 11.2. The molecule has 0 saturated carbocycles. The molecule has 0 amide bonds. The maximum Gasteiger partial charge on any atom is 0.128 e. The van der Waals surface area contributed by atoms with E-state index in [9.17, 15) is 4.39 Å². The van der Waals surface area contributed by atoms with Crippen LogP contribution in [0.25, 0.3) is 0 Å². The van der Waals surface area contributed by atoms with Gasteiger partial charge in [0.1, 0.15) is 18.2 Å². The molecule has 2 rings (SSSR count). The van der Waals surface area contributed by atoms with Crippen molar-refractivity contribution in [2.24, 2.45) is 5.73 Å². The van der Waals surface area contributed by atoms with E-state index >= 15 is 0 Å². The molecule has 0 saturated heterocycles. The minimum absolute atomic E-state index is 0.255. The SMILES string of the molecule is Cc1ccc(C)c(OCC(N)c2ccccc2F)c1. The van der Waals surface area contributed by atoms with Gasteiger partial charge in [-0.1, -0.05) is 30.3 Å². The Morgan fingerprint density at radius 1 is 1.16 bits per heavy atom. The van der Waals surface area contributed by atoms with Gasteiger partial charge >= 0.3 is 0 Å². The van der Waals surface area contributed by atoms with Gasteiger partial charge in [0, 0.05) is 5.56 Å². The van der Waals surface area contributed by atoms with Crippen molar-refractivity contribution in [1.82, 2.24) is 0 Å². The third-order valence-electron chi connectivity index (χ3n) is 3.07. The summed E-state index contributed by atoms with van der Waals surface area (Å²) >= 11 is 0. The molecule has 3 heteroatoms. The molecular formula is C16H18FNO. The molecule has 0 aliphatic rings. The van der Waals surface area contributed by atoms with Crippen LogP contribution in [0, 0.1) is 19.7 Å². The Kier molecular flexibility index (Phi) is 4.17. The Morgan fingerprint density at radius 2 is 1.89 bits per heavy atom. The molecule has 2 aromatic rings. The molecule has 19 heavy (non-hydrogen) atoms. The van der Waals surface area contributed by atoms with Crippen molar-refractivity contribution in [2.45, 2.75) is 19.9 Å². The van der Waals surface area contributed by atoms with Crippen LogP contribution in [-0.4, -0.2) is 6.61 Å². The lowest BCUT2D eigenvalue weighted by atomic mass is 10.1. The van der Waals surface area contributed by atoms with E-state index in [0.29, 0.717) is 5.56 Å². The van der Waals surface area contributed by atoms with Gasteiger partial charge in [-0.25, -0.2) is 4.39 Å². The Balaban J connectivity index is 2.06. The van der Waals surface area contributed by atoms with Gasteiger partial charge in [-0.3, -0.25) is 0 Å². The predicted octanol–water partition coefficient (Wildman–Crippen LogP) is 3.52. The summed E-state index contributed by atoms with van der Waals surface area (Å²) in [5.74, 6) is 0.506. The summed E-state index contributed by atoms with van der Waals surface area (Å²) in [6, 6.07) is 12.0. The molecule has 0 bridgehead atoms. The molecule has 2 nitrogen and oxygen atoms in total. The van der Waals surface area contributed by atoms with Crippen LogP contribution in [0.4, 0.5) is 4.39 Å². The first kappa shape index (κ1) is 13.6. The number of ether oxygens (including phenoxy) is 1. The molecule has 0 fully saturated rings. The molecule has 1 atom stereocenters. The molecule has 100 valence electrons. The Bertz CT molecular complexity index is 568. The van der Waals surface area contributed by atoms with E-state index in [-0.39, 0.29) is 12.4 Å². The van der Waals surface area contributed by atoms with Crippen molar-refractivity contribution in [3.8, 4) is 5.75 Å². The number of rotatable bonds is 4. The van der Waals surface area contributed by atoms with Crippen molar-refractivity contribution in [2.75, 3.05) is 6.61 Å². The lowest BCUT2D eigenvalue weighted by Gasteiger charge is -2.16. The van der Waals surface area contributed by atoms with Gasteiger partial charge in [-0.05, 0) is 37.1 Å². The predicted molar refractivity (Wildman–Crippen MR) is 74.7 cm³/mol. The topological polar surface area (TPSA) is 35.2 Å². The molecule has 0 radical (unpaired) electrons. The van der Waals surface area contributed by atoms with Gasteiger partial charge in [0.2, 0.25) is 0 Å². The van der Waals surface area contributed by atoms with Gasteiger partial charge in [0.25, 0.3) is 0 Å². The zero-order chi connectivity index (χ0) is 13.8. The lowest BCUT2D eigenvalue weighted by Crippen LogP contribution is -2.20. The van der Waals surface area contributed by atoms with Crippen molar-refractivity contribution in [3.63, 3.8) is 0 Å². The number of hydrogen-bond donors (Lipinski definition) is 1. The first-order chi connectivity index (χ1) is 9.08. The largest absolute Gasteiger partial charge is 0.491 e. The summed E-state index contributed by atoms with van der Waals surface area (Å²) in [5, 5.41) is 0. The maximum absolute atomic E-state index is 13.6. The van der Waals surface area contributed by atoms with Gasteiger partial charge in [-0.2, -0.15) is 0 Å². The fraction of sp³-hybridized carbons (Fsp3) is 0.250. The van der Waals surface area contributed by atoms with Crippen molar-refractivity contribution >= 4 is 0 Å². The van der Waals surface area contributed by atoms with Crippen LogP contribution in [0.2, 0.25) is 0 Å².